The molecular formula is C19H28F3N5O4. The van der Waals surface area contributed by atoms with Crippen molar-refractivity contribution in [2.75, 3.05) is 40.4 Å². The van der Waals surface area contributed by atoms with E-state index in [0.717, 1.165) is 42.8 Å². The van der Waals surface area contributed by atoms with Crippen molar-refractivity contribution in [3.63, 3.8) is 0 Å². The van der Waals surface area contributed by atoms with Gasteiger partial charge >= 0.3 is 12.1 Å². The van der Waals surface area contributed by atoms with Gasteiger partial charge in [-0.3, -0.25) is 9.48 Å². The van der Waals surface area contributed by atoms with Crippen LogP contribution in [0.15, 0.2) is 11.6 Å². The van der Waals surface area contributed by atoms with Crippen molar-refractivity contribution in [3.8, 4) is 0 Å². The smallest absolute Gasteiger partial charge is 0.475 e. The molecule has 1 N–H and O–H groups in total. The zero-order valence-corrected chi connectivity index (χ0v) is 17.9. The molecule has 0 fully saturated rings. The lowest BCUT2D eigenvalue weighted by molar-refractivity contribution is -0.192. The van der Waals surface area contributed by atoms with E-state index in [4.69, 9.17) is 14.6 Å². The molecule has 31 heavy (non-hydrogen) atoms. The summed E-state index contributed by atoms with van der Waals surface area (Å²) in [5.41, 5.74) is 2.95. The van der Waals surface area contributed by atoms with Gasteiger partial charge < -0.3 is 19.6 Å². The number of nitrogens with zero attached hydrogens (tertiary/aromatic N) is 5. The molecule has 0 aromatic carbocycles. The summed E-state index contributed by atoms with van der Waals surface area (Å²) in [4.78, 5) is 25.6. The Morgan fingerprint density at radius 3 is 2.58 bits per heavy atom. The van der Waals surface area contributed by atoms with Crippen LogP contribution in [0.1, 0.15) is 36.6 Å². The molecule has 1 unspecified atom stereocenters. The predicted octanol–water partition coefficient (Wildman–Crippen LogP) is 1.56. The van der Waals surface area contributed by atoms with Crippen LogP contribution in [0.3, 0.4) is 0 Å². The van der Waals surface area contributed by atoms with Crippen LogP contribution >= 0.6 is 0 Å². The highest BCUT2D eigenvalue weighted by Gasteiger charge is 2.38. The molecule has 1 aliphatic heterocycles. The van der Waals surface area contributed by atoms with E-state index in [1.54, 1.807) is 0 Å². The minimum absolute atomic E-state index is 0.127. The largest absolute Gasteiger partial charge is 0.490 e. The number of alkyl halides is 3. The third-order valence-electron chi connectivity index (χ3n) is 4.96. The van der Waals surface area contributed by atoms with Crippen LogP contribution in [0.4, 0.5) is 13.2 Å². The van der Waals surface area contributed by atoms with E-state index < -0.39 is 12.1 Å². The zero-order valence-electron chi connectivity index (χ0n) is 17.9. The van der Waals surface area contributed by atoms with E-state index in [1.807, 2.05) is 30.7 Å². The van der Waals surface area contributed by atoms with Crippen molar-refractivity contribution in [2.45, 2.75) is 37.9 Å². The van der Waals surface area contributed by atoms with E-state index in [-0.39, 0.29) is 11.8 Å². The van der Waals surface area contributed by atoms with Crippen LogP contribution in [0, 0.1) is 0 Å². The highest BCUT2D eigenvalue weighted by molar-refractivity contribution is 5.94. The Labute approximate surface area is 178 Å². The standard InChI is InChI=1S/C17H27N5O2.C2HF3O2/c1-20(2)8-9-24-12-14-10-22(17(23)13-6-4-5-7-13)11-15-16(14)21(3)19-18-15;3-2(4,5)1(6)7/h6,14H,4-5,7-12H2,1-3H3;(H,6,7). The Hall–Kier alpha value is -2.47. The number of carboxylic acids is 1. The fourth-order valence-electron chi connectivity index (χ4n) is 3.44. The zero-order chi connectivity index (χ0) is 23.2. The second kappa shape index (κ2) is 10.7. The molecule has 0 radical (unpaired) electrons. The predicted molar refractivity (Wildman–Crippen MR) is 104 cm³/mol. The summed E-state index contributed by atoms with van der Waals surface area (Å²) in [5.74, 6) is -2.48. The second-order valence-electron chi connectivity index (χ2n) is 7.73. The minimum Gasteiger partial charge on any atom is -0.475 e. The third-order valence-corrected chi connectivity index (χ3v) is 4.96. The number of aliphatic carboxylic acids is 1. The summed E-state index contributed by atoms with van der Waals surface area (Å²) in [5, 5.41) is 15.5. The summed E-state index contributed by atoms with van der Waals surface area (Å²) in [6.07, 6.45) is -0.00542. The fourth-order valence-corrected chi connectivity index (χ4v) is 3.44. The average Bonchev–Trinajstić information content (AvgIpc) is 3.34. The number of hydrogen-bond donors (Lipinski definition) is 1. The maximum atomic E-state index is 12.7. The number of carboxylic acid groups (broad SMARTS) is 1. The summed E-state index contributed by atoms with van der Waals surface area (Å²) >= 11 is 0. The van der Waals surface area contributed by atoms with Crippen LogP contribution in [0.2, 0.25) is 0 Å². The number of amides is 1. The molecule has 1 aromatic rings. The van der Waals surface area contributed by atoms with E-state index in [0.29, 0.717) is 26.3 Å². The molecule has 0 spiro atoms. The maximum Gasteiger partial charge on any atom is 0.490 e. The molecule has 12 heteroatoms. The number of allylic oxidation sites excluding steroid dienone is 1. The number of hydrogen-bond acceptors (Lipinski definition) is 6. The molecule has 1 aliphatic carbocycles. The van der Waals surface area contributed by atoms with Crippen LogP contribution in [0.25, 0.3) is 0 Å². The van der Waals surface area contributed by atoms with Crippen LogP contribution in [-0.4, -0.2) is 88.4 Å². The lowest BCUT2D eigenvalue weighted by atomic mass is 9.98. The van der Waals surface area contributed by atoms with Crippen LogP contribution in [-0.2, 0) is 27.9 Å². The number of halogens is 3. The first-order valence-electron chi connectivity index (χ1n) is 9.90. The molecule has 9 nitrogen and oxygen atoms in total. The van der Waals surface area contributed by atoms with Crippen LogP contribution < -0.4 is 0 Å². The van der Waals surface area contributed by atoms with E-state index in [2.05, 4.69) is 21.3 Å². The van der Waals surface area contributed by atoms with Gasteiger partial charge in [0.15, 0.2) is 0 Å². The Kier molecular flexibility index (Phi) is 8.57. The topological polar surface area (TPSA) is 101 Å². The second-order valence-corrected chi connectivity index (χ2v) is 7.73. The highest BCUT2D eigenvalue weighted by atomic mass is 19.4. The van der Waals surface area contributed by atoms with Crippen molar-refractivity contribution in [3.05, 3.63) is 23.0 Å². The molecule has 2 aliphatic rings. The van der Waals surface area contributed by atoms with E-state index in [9.17, 15) is 18.0 Å². The first-order valence-corrected chi connectivity index (χ1v) is 9.90. The van der Waals surface area contributed by atoms with Gasteiger partial charge in [-0.2, -0.15) is 13.2 Å². The molecule has 1 amide bonds. The quantitative estimate of drug-likeness (QED) is 0.661. The molecule has 0 saturated carbocycles. The van der Waals surface area contributed by atoms with Gasteiger partial charge in [-0.25, -0.2) is 4.79 Å². The number of ether oxygens (including phenoxy) is 1. The highest BCUT2D eigenvalue weighted by Crippen LogP contribution is 2.29. The van der Waals surface area contributed by atoms with Gasteiger partial charge in [0.25, 0.3) is 0 Å². The number of carbonyl (C=O) groups is 2. The lowest BCUT2D eigenvalue weighted by Crippen LogP contribution is -2.40. The van der Waals surface area contributed by atoms with Gasteiger partial charge in [0.2, 0.25) is 5.91 Å². The number of rotatable bonds is 6. The Morgan fingerprint density at radius 1 is 1.35 bits per heavy atom. The van der Waals surface area contributed by atoms with E-state index >= 15 is 0 Å². The molecule has 3 rings (SSSR count). The number of aryl methyl sites for hydroxylation is 1. The van der Waals surface area contributed by atoms with Crippen molar-refractivity contribution in [2.24, 2.45) is 7.05 Å². The van der Waals surface area contributed by atoms with Gasteiger partial charge in [0.05, 0.1) is 25.5 Å². The third kappa shape index (κ3) is 7.03. The van der Waals surface area contributed by atoms with Gasteiger partial charge in [-0.1, -0.05) is 11.3 Å². The van der Waals surface area contributed by atoms with Crippen molar-refractivity contribution in [1.82, 2.24) is 24.8 Å². The molecule has 1 aromatic heterocycles. The average molecular weight is 447 g/mol. The Bertz CT molecular complexity index is 807. The molecule has 0 saturated heterocycles. The van der Waals surface area contributed by atoms with Gasteiger partial charge in [0, 0.05) is 31.6 Å². The molecule has 174 valence electrons. The molecule has 0 bridgehead atoms. The number of likely N-dealkylation sites (N-methyl/N-ethyl adjacent to an activating group) is 1. The lowest BCUT2D eigenvalue weighted by Gasteiger charge is -2.32. The normalized spacial score (nSPS) is 18.4. The van der Waals surface area contributed by atoms with Crippen molar-refractivity contribution in [1.29, 1.82) is 0 Å². The number of fused-ring (bicyclic) bond motifs is 1. The van der Waals surface area contributed by atoms with Gasteiger partial charge in [-0.05, 0) is 33.4 Å². The monoisotopic (exact) mass is 447 g/mol. The number of carbonyl (C=O) groups excluding carboxylic acids is 1. The Morgan fingerprint density at radius 2 is 2.03 bits per heavy atom. The van der Waals surface area contributed by atoms with Gasteiger partial charge in [0.1, 0.15) is 5.69 Å². The molecule has 2 heterocycles. The van der Waals surface area contributed by atoms with Gasteiger partial charge in [-0.15, -0.1) is 5.10 Å². The van der Waals surface area contributed by atoms with Crippen molar-refractivity contribution < 1.29 is 32.6 Å². The van der Waals surface area contributed by atoms with E-state index in [1.165, 1.54) is 0 Å². The number of aromatic nitrogens is 3. The molecular weight excluding hydrogens is 419 g/mol. The first kappa shape index (κ1) is 24.8. The first-order chi connectivity index (χ1) is 14.5. The maximum absolute atomic E-state index is 12.7. The summed E-state index contributed by atoms with van der Waals surface area (Å²) in [6, 6.07) is 0. The summed E-state index contributed by atoms with van der Waals surface area (Å²) in [6.45, 7) is 3.38. The van der Waals surface area contributed by atoms with Crippen LogP contribution in [0.5, 0.6) is 0 Å². The Balaban J connectivity index is 0.000000423. The summed E-state index contributed by atoms with van der Waals surface area (Å²) in [7, 11) is 5.97. The SMILES string of the molecule is CN(C)CCOCC1CN(C(=O)C2=CCCC2)Cc2nnn(C)c21.O=C(O)C(F)(F)F. The van der Waals surface area contributed by atoms with Crippen molar-refractivity contribution >= 4 is 11.9 Å². The summed E-state index contributed by atoms with van der Waals surface area (Å²) < 4.78 is 39.4. The fraction of sp³-hybridized carbons (Fsp3) is 0.684. The molecule has 1 atom stereocenters. The minimum atomic E-state index is -5.08.